The second-order valence-corrected chi connectivity index (χ2v) is 9.91. The summed E-state index contributed by atoms with van der Waals surface area (Å²) in [5.74, 6) is 0.362. The lowest BCUT2D eigenvalue weighted by atomic mass is 9.74. The molecule has 3 aromatic carbocycles. The summed E-state index contributed by atoms with van der Waals surface area (Å²) in [6.07, 6.45) is 0. The Bertz CT molecular complexity index is 1290. The van der Waals surface area contributed by atoms with Crippen LogP contribution in [0.2, 0.25) is 0 Å². The maximum atomic E-state index is 13.2. The molecule has 31 heavy (non-hydrogen) atoms. The molecule has 0 bridgehead atoms. The second-order valence-electron chi connectivity index (χ2n) is 8.39. The van der Waals surface area contributed by atoms with E-state index in [0.29, 0.717) is 38.9 Å². The van der Waals surface area contributed by atoms with Crippen molar-refractivity contribution >= 4 is 10.1 Å². The van der Waals surface area contributed by atoms with Gasteiger partial charge in [-0.1, -0.05) is 18.2 Å². The van der Waals surface area contributed by atoms with Gasteiger partial charge in [-0.25, -0.2) is 4.18 Å². The van der Waals surface area contributed by atoms with Crippen LogP contribution in [0.1, 0.15) is 50.1 Å². The van der Waals surface area contributed by atoms with Gasteiger partial charge in [-0.05, 0) is 104 Å². The van der Waals surface area contributed by atoms with Crippen LogP contribution >= 0.6 is 0 Å². The minimum atomic E-state index is -4.04. The molecule has 1 heterocycles. The summed E-state index contributed by atoms with van der Waals surface area (Å²) >= 11 is 0. The molecule has 4 rings (SSSR count). The van der Waals surface area contributed by atoms with E-state index in [4.69, 9.17) is 4.18 Å². The predicted molar refractivity (Wildman–Crippen MR) is 119 cm³/mol. The predicted octanol–water partition coefficient (Wildman–Crippen LogP) is 4.96. The average molecular weight is 439 g/mol. The van der Waals surface area contributed by atoms with Gasteiger partial charge >= 0.3 is 0 Å². The summed E-state index contributed by atoms with van der Waals surface area (Å²) in [6.45, 7) is 10.9. The van der Waals surface area contributed by atoms with Crippen molar-refractivity contribution in [2.45, 2.75) is 52.0 Å². The van der Waals surface area contributed by atoms with Crippen LogP contribution in [-0.4, -0.2) is 18.6 Å². The topological polar surface area (TPSA) is 83.8 Å². The molecule has 0 radical (unpaired) electrons. The second kappa shape index (κ2) is 6.84. The normalized spacial score (nSPS) is 16.3. The highest BCUT2D eigenvalue weighted by Crippen LogP contribution is 2.54. The Hall–Kier alpha value is -2.83. The number of phenolic OH excluding ortho intramolecular Hbond substituents is 2. The Balaban J connectivity index is 2.26. The minimum absolute atomic E-state index is 0.126. The van der Waals surface area contributed by atoms with Crippen molar-refractivity contribution in [1.29, 1.82) is 0 Å². The number of hydrogen-bond donors (Lipinski definition) is 2. The van der Waals surface area contributed by atoms with Crippen LogP contribution in [0.15, 0.2) is 41.3 Å². The van der Waals surface area contributed by atoms with E-state index in [-0.39, 0.29) is 16.4 Å². The first-order valence-electron chi connectivity index (χ1n) is 10.1. The molecule has 0 unspecified atom stereocenters. The number of hydrogen-bond acceptors (Lipinski definition) is 5. The first kappa shape index (κ1) is 21.4. The highest BCUT2D eigenvalue weighted by Gasteiger charge is 2.53. The van der Waals surface area contributed by atoms with Crippen LogP contribution in [0.5, 0.6) is 11.5 Å². The van der Waals surface area contributed by atoms with Crippen molar-refractivity contribution in [3.63, 3.8) is 0 Å². The van der Waals surface area contributed by atoms with Crippen molar-refractivity contribution in [2.75, 3.05) is 0 Å². The largest absolute Gasteiger partial charge is 0.507 e. The van der Waals surface area contributed by atoms with Gasteiger partial charge in [0.25, 0.3) is 10.1 Å². The highest BCUT2D eigenvalue weighted by molar-refractivity contribution is 7.87. The standard InChI is InChI=1S/C25H26O5S/c1-13-11-20(15(3)17(5)23(13)26)25(21-12-14(2)24(27)18(6)16(21)4)19-9-7-8-10-22(19)31(28,29)30-25/h7-12,26-27H,1-6H3. The van der Waals surface area contributed by atoms with E-state index in [1.807, 2.05) is 27.7 Å². The monoisotopic (exact) mass is 438 g/mol. The van der Waals surface area contributed by atoms with Gasteiger partial charge in [0.05, 0.1) is 0 Å². The van der Waals surface area contributed by atoms with Gasteiger partial charge in [0.2, 0.25) is 0 Å². The van der Waals surface area contributed by atoms with Gasteiger partial charge in [-0.15, -0.1) is 0 Å². The molecule has 0 saturated heterocycles. The van der Waals surface area contributed by atoms with Crippen LogP contribution in [-0.2, 0) is 19.9 Å². The molecule has 3 aromatic rings. The van der Waals surface area contributed by atoms with Crippen molar-refractivity contribution in [1.82, 2.24) is 0 Å². The first-order chi connectivity index (χ1) is 14.4. The molecule has 5 nitrogen and oxygen atoms in total. The van der Waals surface area contributed by atoms with Gasteiger partial charge in [0.1, 0.15) is 16.4 Å². The molecule has 0 saturated carbocycles. The van der Waals surface area contributed by atoms with E-state index in [2.05, 4.69) is 0 Å². The summed E-state index contributed by atoms with van der Waals surface area (Å²) in [7, 11) is -4.04. The summed E-state index contributed by atoms with van der Waals surface area (Å²) in [5.41, 5.74) is 4.50. The van der Waals surface area contributed by atoms with Crippen LogP contribution in [0, 0.1) is 41.5 Å². The lowest BCUT2D eigenvalue weighted by Gasteiger charge is -2.34. The number of benzene rings is 3. The molecule has 0 spiro atoms. The maximum absolute atomic E-state index is 13.2. The van der Waals surface area contributed by atoms with Gasteiger partial charge in [0.15, 0.2) is 5.60 Å². The molecule has 6 heteroatoms. The number of phenols is 2. The molecule has 0 atom stereocenters. The fourth-order valence-corrected chi connectivity index (χ4v) is 6.04. The molecule has 0 fully saturated rings. The fourth-order valence-electron chi connectivity index (χ4n) is 4.62. The number of rotatable bonds is 2. The highest BCUT2D eigenvalue weighted by atomic mass is 32.2. The zero-order chi connectivity index (χ0) is 22.9. The zero-order valence-corrected chi connectivity index (χ0v) is 19.3. The van der Waals surface area contributed by atoms with E-state index in [9.17, 15) is 18.6 Å². The van der Waals surface area contributed by atoms with Crippen molar-refractivity contribution in [2.24, 2.45) is 0 Å². The van der Waals surface area contributed by atoms with Gasteiger partial charge in [-0.2, -0.15) is 8.42 Å². The van der Waals surface area contributed by atoms with Crippen LogP contribution < -0.4 is 0 Å². The van der Waals surface area contributed by atoms with Crippen molar-refractivity contribution in [3.8, 4) is 11.5 Å². The Morgan fingerprint density at radius 2 is 1.16 bits per heavy atom. The Labute approximate surface area is 183 Å². The third-order valence-corrected chi connectivity index (χ3v) is 8.01. The summed E-state index contributed by atoms with van der Waals surface area (Å²) in [4.78, 5) is 0.126. The fraction of sp³-hybridized carbons (Fsp3) is 0.280. The van der Waals surface area contributed by atoms with E-state index in [0.717, 1.165) is 11.1 Å². The van der Waals surface area contributed by atoms with Gasteiger partial charge in [-0.3, -0.25) is 0 Å². The molecule has 162 valence electrons. The minimum Gasteiger partial charge on any atom is -0.507 e. The van der Waals surface area contributed by atoms with E-state index in [1.165, 1.54) is 0 Å². The number of aryl methyl sites for hydroxylation is 2. The molecule has 0 aliphatic carbocycles. The first-order valence-corrected chi connectivity index (χ1v) is 11.5. The molecule has 2 N–H and O–H groups in total. The quantitative estimate of drug-likeness (QED) is 0.553. The molecule has 1 aliphatic heterocycles. The Morgan fingerprint density at radius 3 is 1.65 bits per heavy atom. The molecular weight excluding hydrogens is 412 g/mol. The summed E-state index contributed by atoms with van der Waals surface area (Å²) in [5, 5.41) is 21.0. The molecule has 0 aromatic heterocycles. The summed E-state index contributed by atoms with van der Waals surface area (Å²) in [6, 6.07) is 10.4. The van der Waals surface area contributed by atoms with E-state index >= 15 is 0 Å². The van der Waals surface area contributed by atoms with Crippen molar-refractivity contribution < 1.29 is 22.8 Å². The van der Waals surface area contributed by atoms with Crippen LogP contribution in [0.3, 0.4) is 0 Å². The van der Waals surface area contributed by atoms with Gasteiger partial charge in [0, 0.05) is 5.56 Å². The maximum Gasteiger partial charge on any atom is 0.298 e. The summed E-state index contributed by atoms with van der Waals surface area (Å²) < 4.78 is 32.4. The van der Waals surface area contributed by atoms with E-state index in [1.54, 1.807) is 50.2 Å². The molecule has 1 aliphatic rings. The third kappa shape index (κ3) is 2.82. The zero-order valence-electron chi connectivity index (χ0n) is 18.5. The SMILES string of the molecule is Cc1cc(C2(c3cc(C)c(O)c(C)c3C)OS(=O)(=O)c3ccccc32)c(C)c(C)c1O. The van der Waals surface area contributed by atoms with Crippen molar-refractivity contribution in [3.05, 3.63) is 86.5 Å². The van der Waals surface area contributed by atoms with E-state index < -0.39 is 15.7 Å². The lowest BCUT2D eigenvalue weighted by molar-refractivity contribution is 0.178. The molecular formula is C25H26O5S. The lowest BCUT2D eigenvalue weighted by Crippen LogP contribution is -2.32. The number of fused-ring (bicyclic) bond motifs is 1. The van der Waals surface area contributed by atoms with Crippen LogP contribution in [0.25, 0.3) is 0 Å². The molecule has 0 amide bonds. The van der Waals surface area contributed by atoms with Crippen LogP contribution in [0.4, 0.5) is 0 Å². The Kier molecular flexibility index (Phi) is 4.72. The Morgan fingerprint density at radius 1 is 0.710 bits per heavy atom. The third-order valence-electron chi connectivity index (χ3n) is 6.64. The smallest absolute Gasteiger partial charge is 0.298 e. The average Bonchev–Trinajstić information content (AvgIpc) is 2.98. The van der Waals surface area contributed by atoms with Gasteiger partial charge < -0.3 is 10.2 Å². The number of aromatic hydroxyl groups is 2.